The van der Waals surface area contributed by atoms with E-state index in [0.717, 1.165) is 16.7 Å². The van der Waals surface area contributed by atoms with Gasteiger partial charge in [0.2, 0.25) is 0 Å². The molecule has 0 radical (unpaired) electrons. The Kier molecular flexibility index (Phi) is 6.30. The zero-order valence-corrected chi connectivity index (χ0v) is 15.1. The van der Waals surface area contributed by atoms with Gasteiger partial charge in [-0.25, -0.2) is 9.59 Å². The molecule has 6 nitrogen and oxygen atoms in total. The molecule has 0 spiro atoms. The Morgan fingerprint density at radius 3 is 2.44 bits per heavy atom. The van der Waals surface area contributed by atoms with E-state index in [-0.39, 0.29) is 6.04 Å². The molecule has 0 saturated carbocycles. The molecule has 25 heavy (non-hydrogen) atoms. The third-order valence-electron chi connectivity index (χ3n) is 3.22. The van der Waals surface area contributed by atoms with E-state index in [2.05, 4.69) is 10.6 Å². The number of carbonyl (C=O) groups is 3. The van der Waals surface area contributed by atoms with Crippen LogP contribution in [0.5, 0.6) is 0 Å². The van der Waals surface area contributed by atoms with Gasteiger partial charge in [-0.3, -0.25) is 10.1 Å². The summed E-state index contributed by atoms with van der Waals surface area (Å²) in [5, 5.41) is 6.41. The van der Waals surface area contributed by atoms with Gasteiger partial charge in [0.1, 0.15) is 4.88 Å². The zero-order valence-electron chi connectivity index (χ0n) is 14.3. The van der Waals surface area contributed by atoms with Crippen molar-refractivity contribution in [1.29, 1.82) is 0 Å². The van der Waals surface area contributed by atoms with Crippen LogP contribution < -0.4 is 10.6 Å². The number of rotatable bonds is 5. The number of thiophene rings is 1. The minimum absolute atomic E-state index is 0.0986. The van der Waals surface area contributed by atoms with Gasteiger partial charge in [-0.05, 0) is 37.8 Å². The highest BCUT2D eigenvalue weighted by Gasteiger charge is 2.18. The first-order chi connectivity index (χ1) is 11.9. The second kappa shape index (κ2) is 8.43. The maximum Gasteiger partial charge on any atom is 0.349 e. The van der Waals surface area contributed by atoms with Crippen LogP contribution >= 0.6 is 11.3 Å². The van der Waals surface area contributed by atoms with E-state index in [9.17, 15) is 14.4 Å². The van der Waals surface area contributed by atoms with Gasteiger partial charge in [-0.15, -0.1) is 11.3 Å². The molecule has 1 heterocycles. The third-order valence-corrected chi connectivity index (χ3v) is 4.11. The Balaban J connectivity index is 1.96. The predicted octanol–water partition coefficient (Wildman–Crippen LogP) is 3.11. The van der Waals surface area contributed by atoms with Gasteiger partial charge in [-0.1, -0.05) is 29.8 Å². The fraction of sp³-hybridized carbons (Fsp3) is 0.278. The fourth-order valence-corrected chi connectivity index (χ4v) is 2.89. The minimum Gasteiger partial charge on any atom is -0.451 e. The lowest BCUT2D eigenvalue weighted by molar-refractivity contribution is -0.123. The zero-order chi connectivity index (χ0) is 18.4. The monoisotopic (exact) mass is 360 g/mol. The van der Waals surface area contributed by atoms with Crippen LogP contribution in [0.25, 0.3) is 11.1 Å². The van der Waals surface area contributed by atoms with Crippen LogP contribution in [0.15, 0.2) is 35.7 Å². The van der Waals surface area contributed by atoms with Crippen LogP contribution in [0.1, 0.15) is 29.1 Å². The second-order valence-electron chi connectivity index (χ2n) is 5.78. The molecule has 0 aliphatic heterocycles. The Morgan fingerprint density at radius 1 is 1.12 bits per heavy atom. The molecule has 0 bridgehead atoms. The quantitative estimate of drug-likeness (QED) is 0.803. The Labute approximate surface area is 150 Å². The van der Waals surface area contributed by atoms with Crippen molar-refractivity contribution < 1.29 is 19.1 Å². The van der Waals surface area contributed by atoms with Gasteiger partial charge in [0.05, 0.1) is 0 Å². The predicted molar refractivity (Wildman–Crippen MR) is 96.6 cm³/mol. The molecule has 1 aromatic heterocycles. The number of amides is 3. The second-order valence-corrected chi connectivity index (χ2v) is 6.70. The number of benzene rings is 1. The molecule has 0 saturated heterocycles. The van der Waals surface area contributed by atoms with Gasteiger partial charge in [0.25, 0.3) is 5.91 Å². The highest BCUT2D eigenvalue weighted by Crippen LogP contribution is 2.29. The van der Waals surface area contributed by atoms with Crippen LogP contribution in [-0.2, 0) is 9.53 Å². The van der Waals surface area contributed by atoms with Crippen molar-refractivity contribution in [1.82, 2.24) is 10.6 Å². The van der Waals surface area contributed by atoms with Crippen molar-refractivity contribution in [3.63, 3.8) is 0 Å². The summed E-state index contributed by atoms with van der Waals surface area (Å²) < 4.78 is 5.02. The van der Waals surface area contributed by atoms with Crippen LogP contribution in [0.4, 0.5) is 4.79 Å². The van der Waals surface area contributed by atoms with E-state index in [1.807, 2.05) is 37.3 Å². The van der Waals surface area contributed by atoms with Crippen molar-refractivity contribution in [3.05, 3.63) is 46.2 Å². The first-order valence-corrected chi connectivity index (χ1v) is 8.66. The molecule has 1 aromatic carbocycles. The van der Waals surface area contributed by atoms with Gasteiger partial charge in [0.15, 0.2) is 6.61 Å². The number of esters is 1. The molecule has 0 aliphatic carbocycles. The first kappa shape index (κ1) is 18.7. The van der Waals surface area contributed by atoms with Crippen LogP contribution in [0.3, 0.4) is 0 Å². The summed E-state index contributed by atoms with van der Waals surface area (Å²) in [6, 6.07) is 8.90. The summed E-state index contributed by atoms with van der Waals surface area (Å²) in [5.41, 5.74) is 2.78. The molecular formula is C18H20N2O4S. The van der Waals surface area contributed by atoms with E-state index < -0.39 is 24.5 Å². The lowest BCUT2D eigenvalue weighted by atomic mass is 10.1. The van der Waals surface area contributed by atoms with E-state index >= 15 is 0 Å². The highest BCUT2D eigenvalue weighted by molar-refractivity contribution is 7.12. The Bertz CT molecular complexity index is 766. The molecule has 0 fully saturated rings. The van der Waals surface area contributed by atoms with Crippen LogP contribution in [-0.4, -0.2) is 30.6 Å². The van der Waals surface area contributed by atoms with Crippen molar-refractivity contribution in [3.8, 4) is 11.1 Å². The topological polar surface area (TPSA) is 84.5 Å². The molecule has 2 rings (SSSR count). The van der Waals surface area contributed by atoms with Crippen molar-refractivity contribution in [2.75, 3.05) is 6.61 Å². The lowest BCUT2D eigenvalue weighted by Gasteiger charge is -2.09. The molecule has 132 valence electrons. The average molecular weight is 360 g/mol. The van der Waals surface area contributed by atoms with E-state index in [0.29, 0.717) is 4.88 Å². The number of ether oxygens (including phenoxy) is 1. The van der Waals surface area contributed by atoms with Crippen molar-refractivity contribution in [2.24, 2.45) is 0 Å². The molecular weight excluding hydrogens is 340 g/mol. The normalized spacial score (nSPS) is 10.4. The Hall–Kier alpha value is -2.67. The largest absolute Gasteiger partial charge is 0.451 e. The number of imide groups is 1. The maximum atomic E-state index is 12.2. The van der Waals surface area contributed by atoms with Gasteiger partial charge in [0, 0.05) is 11.6 Å². The molecule has 3 amide bonds. The van der Waals surface area contributed by atoms with Gasteiger partial charge < -0.3 is 10.1 Å². The first-order valence-electron chi connectivity index (χ1n) is 7.79. The van der Waals surface area contributed by atoms with Crippen molar-refractivity contribution >= 4 is 29.2 Å². The summed E-state index contributed by atoms with van der Waals surface area (Å²) in [4.78, 5) is 35.7. The SMILES string of the molecule is Cc1ccc(-c2ccsc2C(=O)OCC(=O)NC(=O)NC(C)C)cc1. The number of nitrogens with one attached hydrogen (secondary N) is 2. The van der Waals surface area contributed by atoms with E-state index in [1.54, 1.807) is 19.2 Å². The molecule has 0 aliphatic rings. The van der Waals surface area contributed by atoms with Crippen LogP contribution in [0, 0.1) is 6.92 Å². The van der Waals surface area contributed by atoms with Crippen molar-refractivity contribution in [2.45, 2.75) is 26.8 Å². The maximum absolute atomic E-state index is 12.2. The van der Waals surface area contributed by atoms with E-state index in [4.69, 9.17) is 4.74 Å². The third kappa shape index (κ3) is 5.42. The molecule has 0 unspecified atom stereocenters. The van der Waals surface area contributed by atoms with Gasteiger partial charge >= 0.3 is 12.0 Å². The average Bonchev–Trinajstić information content (AvgIpc) is 3.02. The minimum atomic E-state index is -0.681. The fourth-order valence-electron chi connectivity index (χ4n) is 2.09. The number of hydrogen-bond acceptors (Lipinski definition) is 5. The molecule has 0 atom stereocenters. The summed E-state index contributed by atoms with van der Waals surface area (Å²) >= 11 is 1.25. The summed E-state index contributed by atoms with van der Waals surface area (Å²) in [6.07, 6.45) is 0. The van der Waals surface area contributed by atoms with E-state index in [1.165, 1.54) is 11.3 Å². The molecule has 2 aromatic rings. The summed E-state index contributed by atoms with van der Waals surface area (Å²) in [7, 11) is 0. The number of carbonyl (C=O) groups excluding carboxylic acids is 3. The van der Waals surface area contributed by atoms with Gasteiger partial charge in [-0.2, -0.15) is 0 Å². The number of urea groups is 1. The number of aryl methyl sites for hydroxylation is 1. The number of hydrogen-bond donors (Lipinski definition) is 2. The Morgan fingerprint density at radius 2 is 1.80 bits per heavy atom. The summed E-state index contributed by atoms with van der Waals surface area (Å²) in [6.45, 7) is 5.01. The lowest BCUT2D eigenvalue weighted by Crippen LogP contribution is -2.44. The molecule has 7 heteroatoms. The smallest absolute Gasteiger partial charge is 0.349 e. The summed E-state index contributed by atoms with van der Waals surface area (Å²) in [5.74, 6) is -1.27. The highest BCUT2D eigenvalue weighted by atomic mass is 32.1. The standard InChI is InChI=1S/C18H20N2O4S/c1-11(2)19-18(23)20-15(21)10-24-17(22)16-14(8-9-25-16)13-6-4-12(3)5-7-13/h4-9,11H,10H2,1-3H3,(H2,19,20,21,23). The molecule has 2 N–H and O–H groups in total. The van der Waals surface area contributed by atoms with Crippen LogP contribution in [0.2, 0.25) is 0 Å².